The van der Waals surface area contributed by atoms with Gasteiger partial charge in [-0.05, 0) is 53.1 Å². The fourth-order valence-corrected chi connectivity index (χ4v) is 2.29. The van der Waals surface area contributed by atoms with Gasteiger partial charge in [0.15, 0.2) is 0 Å². The lowest BCUT2D eigenvalue weighted by molar-refractivity contribution is 0.287. The Balaban J connectivity index is 2.26. The molecular formula is C14H22BrFN2. The van der Waals surface area contributed by atoms with E-state index in [4.69, 9.17) is 0 Å². The van der Waals surface area contributed by atoms with Gasteiger partial charge in [-0.25, -0.2) is 4.39 Å². The number of rotatable bonds is 8. The van der Waals surface area contributed by atoms with Crippen LogP contribution < -0.4 is 5.32 Å². The number of halogens is 2. The van der Waals surface area contributed by atoms with E-state index in [0.29, 0.717) is 4.47 Å². The topological polar surface area (TPSA) is 15.3 Å². The Morgan fingerprint density at radius 2 is 2.06 bits per heavy atom. The summed E-state index contributed by atoms with van der Waals surface area (Å²) in [5, 5.41) is 3.39. The summed E-state index contributed by atoms with van der Waals surface area (Å²) in [7, 11) is 0. The first kappa shape index (κ1) is 15.6. The van der Waals surface area contributed by atoms with Crippen molar-refractivity contribution in [3.8, 4) is 0 Å². The molecule has 0 saturated heterocycles. The summed E-state index contributed by atoms with van der Waals surface area (Å²) in [6.07, 6.45) is 1.19. The first-order valence-corrected chi connectivity index (χ1v) is 7.33. The molecule has 2 nitrogen and oxygen atoms in total. The summed E-state index contributed by atoms with van der Waals surface area (Å²) >= 11 is 3.20. The van der Waals surface area contributed by atoms with E-state index in [1.54, 1.807) is 0 Å². The van der Waals surface area contributed by atoms with Gasteiger partial charge in [0.1, 0.15) is 5.82 Å². The third kappa shape index (κ3) is 5.46. The van der Waals surface area contributed by atoms with Gasteiger partial charge in [0.2, 0.25) is 0 Å². The van der Waals surface area contributed by atoms with Gasteiger partial charge in [-0.3, -0.25) is 0 Å². The Bertz CT molecular complexity index is 358. The molecule has 0 unspecified atom stereocenters. The zero-order valence-electron chi connectivity index (χ0n) is 11.2. The van der Waals surface area contributed by atoms with Crippen LogP contribution in [-0.2, 0) is 6.54 Å². The van der Waals surface area contributed by atoms with Crippen molar-refractivity contribution >= 4 is 15.9 Å². The maximum atomic E-state index is 13.0. The molecule has 1 aromatic carbocycles. The lowest BCUT2D eigenvalue weighted by atomic mass is 10.2. The van der Waals surface area contributed by atoms with Crippen molar-refractivity contribution in [2.24, 2.45) is 0 Å². The van der Waals surface area contributed by atoms with Crippen molar-refractivity contribution in [2.45, 2.75) is 26.8 Å². The predicted octanol–water partition coefficient (Wildman–Crippen LogP) is 3.41. The monoisotopic (exact) mass is 316 g/mol. The number of likely N-dealkylation sites (N-methyl/N-ethyl adjacent to an activating group) is 1. The molecule has 0 saturated carbocycles. The molecule has 0 bridgehead atoms. The van der Waals surface area contributed by atoms with Crippen molar-refractivity contribution < 1.29 is 4.39 Å². The van der Waals surface area contributed by atoms with E-state index in [9.17, 15) is 4.39 Å². The van der Waals surface area contributed by atoms with Crippen LogP contribution in [0, 0.1) is 5.82 Å². The molecule has 1 rings (SSSR count). The zero-order valence-corrected chi connectivity index (χ0v) is 12.8. The molecule has 0 aliphatic rings. The first-order chi connectivity index (χ1) is 8.67. The number of nitrogens with zero attached hydrogens (tertiary/aromatic N) is 1. The van der Waals surface area contributed by atoms with Gasteiger partial charge >= 0.3 is 0 Å². The highest BCUT2D eigenvalue weighted by Crippen LogP contribution is 2.16. The number of benzene rings is 1. The minimum absolute atomic E-state index is 0.209. The molecule has 0 fully saturated rings. The van der Waals surface area contributed by atoms with Crippen molar-refractivity contribution in [3.63, 3.8) is 0 Å². The van der Waals surface area contributed by atoms with Gasteiger partial charge < -0.3 is 10.2 Å². The fraction of sp³-hybridized carbons (Fsp3) is 0.571. The van der Waals surface area contributed by atoms with E-state index in [-0.39, 0.29) is 5.82 Å². The van der Waals surface area contributed by atoms with Crippen LogP contribution in [0.4, 0.5) is 4.39 Å². The van der Waals surface area contributed by atoms with Gasteiger partial charge in [-0.2, -0.15) is 0 Å². The third-order valence-electron chi connectivity index (χ3n) is 2.90. The molecule has 0 spiro atoms. The summed E-state index contributed by atoms with van der Waals surface area (Å²) in [6.45, 7) is 9.44. The highest BCUT2D eigenvalue weighted by Gasteiger charge is 2.02. The average Bonchev–Trinajstić information content (AvgIpc) is 2.37. The molecule has 0 aromatic heterocycles. The smallest absolute Gasteiger partial charge is 0.137 e. The van der Waals surface area contributed by atoms with E-state index in [1.807, 2.05) is 12.1 Å². The van der Waals surface area contributed by atoms with Crippen LogP contribution in [0.2, 0.25) is 0 Å². The average molecular weight is 317 g/mol. The van der Waals surface area contributed by atoms with Crippen molar-refractivity contribution in [2.75, 3.05) is 26.2 Å². The van der Waals surface area contributed by atoms with Crippen molar-refractivity contribution in [1.82, 2.24) is 10.2 Å². The van der Waals surface area contributed by atoms with E-state index in [0.717, 1.165) is 38.3 Å². The van der Waals surface area contributed by atoms with Crippen LogP contribution in [0.15, 0.2) is 22.7 Å². The Kier molecular flexibility index (Phi) is 7.47. The van der Waals surface area contributed by atoms with Crippen molar-refractivity contribution in [1.29, 1.82) is 0 Å². The minimum atomic E-state index is -0.209. The Morgan fingerprint density at radius 3 is 2.67 bits per heavy atom. The van der Waals surface area contributed by atoms with Gasteiger partial charge in [0, 0.05) is 19.6 Å². The van der Waals surface area contributed by atoms with Crippen LogP contribution in [0.5, 0.6) is 0 Å². The summed E-state index contributed by atoms with van der Waals surface area (Å²) in [5.41, 5.74) is 1.10. The van der Waals surface area contributed by atoms with Gasteiger partial charge in [0.25, 0.3) is 0 Å². The lowest BCUT2D eigenvalue weighted by Crippen LogP contribution is -2.32. The molecule has 0 aliphatic carbocycles. The number of hydrogen-bond acceptors (Lipinski definition) is 2. The number of nitrogens with one attached hydrogen (secondary N) is 1. The Labute approximate surface area is 118 Å². The molecule has 0 amide bonds. The highest BCUT2D eigenvalue weighted by molar-refractivity contribution is 9.10. The normalized spacial score (nSPS) is 11.2. The summed E-state index contributed by atoms with van der Waals surface area (Å²) < 4.78 is 13.6. The Morgan fingerprint density at radius 1 is 1.28 bits per heavy atom. The Hall–Kier alpha value is -0.450. The molecule has 1 aromatic rings. The fourth-order valence-electron chi connectivity index (χ4n) is 1.86. The largest absolute Gasteiger partial charge is 0.311 e. The van der Waals surface area contributed by atoms with E-state index in [2.05, 4.69) is 40.0 Å². The van der Waals surface area contributed by atoms with E-state index in [1.165, 1.54) is 12.5 Å². The predicted molar refractivity (Wildman–Crippen MR) is 78.2 cm³/mol. The highest BCUT2D eigenvalue weighted by atomic mass is 79.9. The molecule has 0 atom stereocenters. The van der Waals surface area contributed by atoms with Gasteiger partial charge in [-0.1, -0.05) is 19.9 Å². The summed E-state index contributed by atoms with van der Waals surface area (Å²) in [6, 6.07) is 5.14. The van der Waals surface area contributed by atoms with Gasteiger partial charge in [-0.15, -0.1) is 0 Å². The van der Waals surface area contributed by atoms with Crippen LogP contribution in [0.3, 0.4) is 0 Å². The second kappa shape index (κ2) is 8.62. The lowest BCUT2D eigenvalue weighted by Gasteiger charge is -2.19. The molecule has 0 radical (unpaired) electrons. The van der Waals surface area contributed by atoms with Gasteiger partial charge in [0.05, 0.1) is 4.47 Å². The second-order valence-corrected chi connectivity index (χ2v) is 5.21. The van der Waals surface area contributed by atoms with Crippen LogP contribution in [0.1, 0.15) is 25.8 Å². The standard InChI is InChI=1S/C14H22BrFN2/c1-3-8-18(4-2)9-7-17-11-12-5-6-14(16)13(15)10-12/h5-6,10,17H,3-4,7-9,11H2,1-2H3. The van der Waals surface area contributed by atoms with E-state index < -0.39 is 0 Å². The van der Waals surface area contributed by atoms with E-state index >= 15 is 0 Å². The summed E-state index contributed by atoms with van der Waals surface area (Å²) in [4.78, 5) is 2.42. The second-order valence-electron chi connectivity index (χ2n) is 4.36. The third-order valence-corrected chi connectivity index (χ3v) is 3.51. The molecule has 0 aliphatic heterocycles. The molecular weight excluding hydrogens is 295 g/mol. The molecule has 4 heteroatoms. The zero-order chi connectivity index (χ0) is 13.4. The molecule has 1 N–H and O–H groups in total. The SMILES string of the molecule is CCCN(CC)CCNCc1ccc(F)c(Br)c1. The molecule has 0 heterocycles. The maximum absolute atomic E-state index is 13.0. The van der Waals surface area contributed by atoms with Crippen LogP contribution in [0.25, 0.3) is 0 Å². The molecule has 18 heavy (non-hydrogen) atoms. The van der Waals surface area contributed by atoms with Crippen LogP contribution >= 0.6 is 15.9 Å². The minimum Gasteiger partial charge on any atom is -0.311 e. The van der Waals surface area contributed by atoms with Crippen LogP contribution in [-0.4, -0.2) is 31.1 Å². The quantitative estimate of drug-likeness (QED) is 0.739. The molecule has 102 valence electrons. The van der Waals surface area contributed by atoms with Crippen molar-refractivity contribution in [3.05, 3.63) is 34.1 Å². The number of hydrogen-bond donors (Lipinski definition) is 1. The first-order valence-electron chi connectivity index (χ1n) is 6.54. The maximum Gasteiger partial charge on any atom is 0.137 e. The summed E-state index contributed by atoms with van der Waals surface area (Å²) in [5.74, 6) is -0.209.